The van der Waals surface area contributed by atoms with E-state index in [-0.39, 0.29) is 12.0 Å². The van der Waals surface area contributed by atoms with Crippen molar-refractivity contribution >= 4 is 12.0 Å². The number of amides is 2. The Balaban J connectivity index is 1.68. The monoisotopic (exact) mass is 421 g/mol. The van der Waals surface area contributed by atoms with Gasteiger partial charge in [0.15, 0.2) is 0 Å². The predicted molar refractivity (Wildman–Crippen MR) is 115 cm³/mol. The molecule has 1 aromatic rings. The number of hydrogen-bond acceptors (Lipinski definition) is 6. The zero-order valence-electron chi connectivity index (χ0n) is 18.6. The average Bonchev–Trinajstić information content (AvgIpc) is 2.71. The van der Waals surface area contributed by atoms with Gasteiger partial charge in [0.25, 0.3) is 5.91 Å². The van der Waals surface area contributed by atoms with Crippen molar-refractivity contribution in [2.24, 2.45) is 0 Å². The largest absolute Gasteiger partial charge is 0.490 e. The van der Waals surface area contributed by atoms with E-state index < -0.39 is 5.60 Å². The Morgan fingerprint density at radius 1 is 1.07 bits per heavy atom. The standard InChI is InChI=1S/C22H35N3O5/c1-22(2,3)30-21(27)25-14-12-24(13-15-25)11-7-10-23-20(26)18-8-5-6-9-19(18)29-17-16-28-4/h5-6,8-9H,7,10-17H2,1-4H3,(H,23,26). The SMILES string of the molecule is COCCOc1ccccc1C(=O)NCCCN1CCN(C(=O)OC(C)(C)C)CC1. The van der Waals surface area contributed by atoms with Gasteiger partial charge in [0.2, 0.25) is 0 Å². The number of carbonyl (C=O) groups excluding carboxylic acids is 2. The van der Waals surface area contributed by atoms with Crippen LogP contribution in [-0.4, -0.2) is 87.0 Å². The highest BCUT2D eigenvalue weighted by Crippen LogP contribution is 2.17. The van der Waals surface area contributed by atoms with Gasteiger partial charge in [0, 0.05) is 39.8 Å². The number of rotatable bonds is 9. The molecule has 1 aromatic carbocycles. The van der Waals surface area contributed by atoms with Gasteiger partial charge in [0.1, 0.15) is 18.0 Å². The summed E-state index contributed by atoms with van der Waals surface area (Å²) in [6, 6.07) is 7.21. The molecule has 0 aromatic heterocycles. The second-order valence-electron chi connectivity index (χ2n) is 8.26. The van der Waals surface area contributed by atoms with Gasteiger partial charge in [-0.3, -0.25) is 9.69 Å². The van der Waals surface area contributed by atoms with Crippen LogP contribution >= 0.6 is 0 Å². The van der Waals surface area contributed by atoms with Crippen LogP contribution in [0.4, 0.5) is 4.79 Å². The van der Waals surface area contributed by atoms with E-state index >= 15 is 0 Å². The maximum Gasteiger partial charge on any atom is 0.410 e. The van der Waals surface area contributed by atoms with Gasteiger partial charge in [-0.15, -0.1) is 0 Å². The number of carbonyl (C=O) groups is 2. The van der Waals surface area contributed by atoms with Gasteiger partial charge in [0.05, 0.1) is 12.2 Å². The summed E-state index contributed by atoms with van der Waals surface area (Å²) in [6.45, 7) is 10.9. The van der Waals surface area contributed by atoms with E-state index in [0.29, 0.717) is 44.2 Å². The molecule has 0 unspecified atom stereocenters. The van der Waals surface area contributed by atoms with E-state index in [1.165, 1.54) is 0 Å². The number of hydrogen-bond donors (Lipinski definition) is 1. The van der Waals surface area contributed by atoms with Crippen LogP contribution in [0.25, 0.3) is 0 Å². The molecule has 8 heteroatoms. The molecule has 0 radical (unpaired) electrons. The molecule has 1 aliphatic heterocycles. The first-order chi connectivity index (χ1) is 14.3. The lowest BCUT2D eigenvalue weighted by molar-refractivity contribution is 0.0144. The lowest BCUT2D eigenvalue weighted by Crippen LogP contribution is -2.50. The minimum absolute atomic E-state index is 0.141. The van der Waals surface area contributed by atoms with Crippen molar-refractivity contribution in [1.82, 2.24) is 15.1 Å². The summed E-state index contributed by atoms with van der Waals surface area (Å²) in [7, 11) is 1.61. The number of para-hydroxylation sites is 1. The van der Waals surface area contributed by atoms with Gasteiger partial charge in [-0.2, -0.15) is 0 Å². The Labute approximate surface area is 179 Å². The Bertz CT molecular complexity index is 682. The molecule has 0 aliphatic carbocycles. The van der Waals surface area contributed by atoms with Crippen molar-refractivity contribution in [3.8, 4) is 5.75 Å². The quantitative estimate of drug-likeness (QED) is 0.617. The second-order valence-corrected chi connectivity index (χ2v) is 8.26. The first kappa shape index (κ1) is 24.0. The molecule has 8 nitrogen and oxygen atoms in total. The van der Waals surface area contributed by atoms with Gasteiger partial charge in [-0.05, 0) is 45.9 Å². The Morgan fingerprint density at radius 3 is 2.43 bits per heavy atom. The minimum Gasteiger partial charge on any atom is -0.490 e. The number of piperazine rings is 1. The van der Waals surface area contributed by atoms with Gasteiger partial charge in [-0.25, -0.2) is 4.79 Å². The summed E-state index contributed by atoms with van der Waals surface area (Å²) in [4.78, 5) is 28.7. The summed E-state index contributed by atoms with van der Waals surface area (Å²) in [5.41, 5.74) is 0.0550. The predicted octanol–water partition coefficient (Wildman–Crippen LogP) is 2.38. The number of ether oxygens (including phenoxy) is 3. The fourth-order valence-electron chi connectivity index (χ4n) is 3.10. The lowest BCUT2D eigenvalue weighted by atomic mass is 10.2. The Morgan fingerprint density at radius 2 is 1.77 bits per heavy atom. The van der Waals surface area contributed by atoms with Crippen molar-refractivity contribution < 1.29 is 23.8 Å². The molecule has 2 rings (SSSR count). The van der Waals surface area contributed by atoms with E-state index in [4.69, 9.17) is 14.2 Å². The summed E-state index contributed by atoms with van der Waals surface area (Å²) in [6.07, 6.45) is 0.589. The third-order valence-corrected chi connectivity index (χ3v) is 4.64. The molecule has 2 amide bonds. The molecular weight excluding hydrogens is 386 g/mol. The topological polar surface area (TPSA) is 80.3 Å². The second kappa shape index (κ2) is 11.8. The molecule has 0 saturated carbocycles. The number of benzene rings is 1. The van der Waals surface area contributed by atoms with E-state index in [0.717, 1.165) is 26.1 Å². The zero-order chi connectivity index (χ0) is 22.0. The maximum atomic E-state index is 12.5. The number of nitrogens with one attached hydrogen (secondary N) is 1. The van der Waals surface area contributed by atoms with E-state index in [1.54, 1.807) is 24.1 Å². The minimum atomic E-state index is -0.472. The Hall–Kier alpha value is -2.32. The smallest absolute Gasteiger partial charge is 0.410 e. The molecule has 0 bridgehead atoms. The van der Waals surface area contributed by atoms with Crippen LogP contribution in [0.2, 0.25) is 0 Å². The number of nitrogens with zero attached hydrogens (tertiary/aromatic N) is 2. The zero-order valence-corrected chi connectivity index (χ0v) is 18.6. The van der Waals surface area contributed by atoms with Crippen LogP contribution in [0.15, 0.2) is 24.3 Å². The van der Waals surface area contributed by atoms with E-state index in [2.05, 4.69) is 10.2 Å². The van der Waals surface area contributed by atoms with Gasteiger partial charge < -0.3 is 24.4 Å². The molecule has 30 heavy (non-hydrogen) atoms. The molecule has 1 N–H and O–H groups in total. The molecule has 1 fully saturated rings. The van der Waals surface area contributed by atoms with Crippen molar-refractivity contribution in [2.75, 3.05) is 59.6 Å². The van der Waals surface area contributed by atoms with Crippen LogP contribution < -0.4 is 10.1 Å². The molecular formula is C22H35N3O5. The Kier molecular flexibility index (Phi) is 9.39. The molecule has 0 atom stereocenters. The highest BCUT2D eigenvalue weighted by molar-refractivity contribution is 5.96. The van der Waals surface area contributed by atoms with Crippen LogP contribution in [0.5, 0.6) is 5.75 Å². The summed E-state index contributed by atoms with van der Waals surface area (Å²) >= 11 is 0. The lowest BCUT2D eigenvalue weighted by Gasteiger charge is -2.35. The van der Waals surface area contributed by atoms with Gasteiger partial charge >= 0.3 is 6.09 Å². The highest BCUT2D eigenvalue weighted by atomic mass is 16.6. The van der Waals surface area contributed by atoms with Crippen molar-refractivity contribution in [2.45, 2.75) is 32.8 Å². The molecule has 1 aliphatic rings. The van der Waals surface area contributed by atoms with Crippen LogP contribution in [0, 0.1) is 0 Å². The van der Waals surface area contributed by atoms with Crippen molar-refractivity contribution in [3.63, 3.8) is 0 Å². The number of methoxy groups -OCH3 is 1. The fourth-order valence-corrected chi connectivity index (χ4v) is 3.10. The highest BCUT2D eigenvalue weighted by Gasteiger charge is 2.25. The van der Waals surface area contributed by atoms with Crippen LogP contribution in [0.3, 0.4) is 0 Å². The van der Waals surface area contributed by atoms with E-state index in [1.807, 2.05) is 32.9 Å². The van der Waals surface area contributed by atoms with Crippen LogP contribution in [-0.2, 0) is 9.47 Å². The molecule has 1 saturated heterocycles. The maximum absolute atomic E-state index is 12.5. The molecule has 168 valence electrons. The first-order valence-corrected chi connectivity index (χ1v) is 10.5. The molecule has 0 spiro atoms. The average molecular weight is 422 g/mol. The third kappa shape index (κ3) is 8.20. The normalized spacial score (nSPS) is 15.0. The first-order valence-electron chi connectivity index (χ1n) is 10.5. The summed E-state index contributed by atoms with van der Waals surface area (Å²) in [5, 5.41) is 2.96. The summed E-state index contributed by atoms with van der Waals surface area (Å²) in [5.74, 6) is 0.420. The van der Waals surface area contributed by atoms with Gasteiger partial charge in [-0.1, -0.05) is 12.1 Å². The molecule has 1 heterocycles. The van der Waals surface area contributed by atoms with Crippen molar-refractivity contribution in [3.05, 3.63) is 29.8 Å². The van der Waals surface area contributed by atoms with E-state index in [9.17, 15) is 9.59 Å². The van der Waals surface area contributed by atoms with Crippen molar-refractivity contribution in [1.29, 1.82) is 0 Å². The van der Waals surface area contributed by atoms with Crippen LogP contribution in [0.1, 0.15) is 37.6 Å². The summed E-state index contributed by atoms with van der Waals surface area (Å²) < 4.78 is 16.0. The third-order valence-electron chi connectivity index (χ3n) is 4.64. The fraction of sp³-hybridized carbons (Fsp3) is 0.636.